The minimum absolute atomic E-state index is 0.168. The molecule has 1 aromatic heterocycles. The standard InChI is InChI=1S/C16H18ClNO/c1-10(2)19-11-7-8-15-13(9-11)16(17)12-5-3-4-6-14(12)18-15/h7-10H,3-6H2,1-2H3. The second-order valence-electron chi connectivity index (χ2n) is 5.40. The molecule has 0 amide bonds. The zero-order chi connectivity index (χ0) is 13.4. The maximum absolute atomic E-state index is 6.57. The summed E-state index contributed by atoms with van der Waals surface area (Å²) in [5, 5.41) is 1.88. The van der Waals surface area contributed by atoms with E-state index in [2.05, 4.69) is 0 Å². The number of ether oxygens (including phenoxy) is 1. The summed E-state index contributed by atoms with van der Waals surface area (Å²) in [6.07, 6.45) is 4.70. The number of aryl methyl sites for hydroxylation is 1. The van der Waals surface area contributed by atoms with Crippen molar-refractivity contribution in [2.45, 2.75) is 45.6 Å². The van der Waals surface area contributed by atoms with Crippen LogP contribution in [0.4, 0.5) is 0 Å². The van der Waals surface area contributed by atoms with Gasteiger partial charge in [-0.2, -0.15) is 0 Å². The third-order valence-corrected chi connectivity index (χ3v) is 3.97. The number of halogens is 1. The van der Waals surface area contributed by atoms with E-state index in [-0.39, 0.29) is 6.10 Å². The summed E-state index contributed by atoms with van der Waals surface area (Å²) in [6.45, 7) is 4.05. The van der Waals surface area contributed by atoms with Crippen LogP contribution in [0, 0.1) is 0 Å². The highest BCUT2D eigenvalue weighted by atomic mass is 35.5. The van der Waals surface area contributed by atoms with Gasteiger partial charge >= 0.3 is 0 Å². The number of benzene rings is 1. The highest BCUT2D eigenvalue weighted by Crippen LogP contribution is 2.34. The summed E-state index contributed by atoms with van der Waals surface area (Å²) >= 11 is 6.57. The Balaban J connectivity index is 2.14. The number of rotatable bonds is 2. The van der Waals surface area contributed by atoms with Crippen LogP contribution in [-0.2, 0) is 12.8 Å². The summed E-state index contributed by atoms with van der Waals surface area (Å²) in [7, 11) is 0. The van der Waals surface area contributed by atoms with Gasteiger partial charge < -0.3 is 4.74 Å². The second-order valence-corrected chi connectivity index (χ2v) is 5.78. The zero-order valence-corrected chi connectivity index (χ0v) is 12.1. The number of hydrogen-bond acceptors (Lipinski definition) is 2. The normalized spacial score (nSPS) is 14.7. The lowest BCUT2D eigenvalue weighted by Gasteiger charge is -2.18. The molecule has 0 radical (unpaired) electrons. The van der Waals surface area contributed by atoms with Crippen LogP contribution in [-0.4, -0.2) is 11.1 Å². The van der Waals surface area contributed by atoms with Crippen molar-refractivity contribution in [1.29, 1.82) is 0 Å². The number of hydrogen-bond donors (Lipinski definition) is 0. The van der Waals surface area contributed by atoms with Crippen LogP contribution in [0.2, 0.25) is 5.02 Å². The fourth-order valence-corrected chi connectivity index (χ4v) is 3.05. The fourth-order valence-electron chi connectivity index (χ4n) is 2.69. The van der Waals surface area contributed by atoms with E-state index in [1.54, 1.807) is 0 Å². The Labute approximate surface area is 118 Å². The van der Waals surface area contributed by atoms with Gasteiger partial charge in [-0.25, -0.2) is 0 Å². The molecule has 0 spiro atoms. The molecule has 0 aliphatic heterocycles. The van der Waals surface area contributed by atoms with Crippen LogP contribution >= 0.6 is 11.6 Å². The van der Waals surface area contributed by atoms with E-state index in [0.717, 1.165) is 34.5 Å². The van der Waals surface area contributed by atoms with Gasteiger partial charge in [0.05, 0.1) is 16.6 Å². The topological polar surface area (TPSA) is 22.1 Å². The highest BCUT2D eigenvalue weighted by molar-refractivity contribution is 6.36. The van der Waals surface area contributed by atoms with E-state index in [4.69, 9.17) is 21.3 Å². The van der Waals surface area contributed by atoms with Gasteiger partial charge in [-0.3, -0.25) is 4.98 Å². The molecule has 2 aromatic rings. The molecule has 1 heterocycles. The molecule has 0 N–H and O–H groups in total. The van der Waals surface area contributed by atoms with E-state index in [1.165, 1.54) is 24.1 Å². The molecule has 1 aliphatic carbocycles. The Kier molecular flexibility index (Phi) is 3.36. The molecule has 100 valence electrons. The van der Waals surface area contributed by atoms with Gasteiger partial charge in [0.2, 0.25) is 0 Å². The van der Waals surface area contributed by atoms with Crippen LogP contribution in [0.25, 0.3) is 10.9 Å². The Bertz CT molecular complexity index is 622. The van der Waals surface area contributed by atoms with Gasteiger partial charge in [0.15, 0.2) is 0 Å². The first-order chi connectivity index (χ1) is 9.15. The first kappa shape index (κ1) is 12.7. The van der Waals surface area contributed by atoms with Crippen LogP contribution < -0.4 is 4.74 Å². The molecular weight excluding hydrogens is 258 g/mol. The molecule has 0 unspecified atom stereocenters. The third kappa shape index (κ3) is 2.42. The number of fused-ring (bicyclic) bond motifs is 2. The van der Waals surface area contributed by atoms with Crippen LogP contribution in [0.15, 0.2) is 18.2 Å². The molecule has 3 heteroatoms. The average molecular weight is 276 g/mol. The number of nitrogens with zero attached hydrogens (tertiary/aromatic N) is 1. The Hall–Kier alpha value is -1.28. The van der Waals surface area contributed by atoms with Crippen LogP contribution in [0.3, 0.4) is 0 Å². The maximum Gasteiger partial charge on any atom is 0.120 e. The average Bonchev–Trinajstić information content (AvgIpc) is 2.39. The first-order valence-corrected chi connectivity index (χ1v) is 7.30. The second kappa shape index (κ2) is 5.01. The summed E-state index contributed by atoms with van der Waals surface area (Å²) in [6, 6.07) is 5.99. The van der Waals surface area contributed by atoms with Crippen LogP contribution in [0.1, 0.15) is 37.9 Å². The third-order valence-electron chi connectivity index (χ3n) is 3.54. The van der Waals surface area contributed by atoms with Gasteiger partial charge in [-0.05, 0) is 63.3 Å². The highest BCUT2D eigenvalue weighted by Gasteiger charge is 2.17. The predicted octanol–water partition coefficient (Wildman–Crippen LogP) is 4.55. The summed E-state index contributed by atoms with van der Waals surface area (Å²) < 4.78 is 5.73. The van der Waals surface area contributed by atoms with Crippen molar-refractivity contribution in [1.82, 2.24) is 4.98 Å². The minimum atomic E-state index is 0.168. The summed E-state index contributed by atoms with van der Waals surface area (Å²) in [4.78, 5) is 4.76. The summed E-state index contributed by atoms with van der Waals surface area (Å²) in [5.74, 6) is 0.863. The quantitative estimate of drug-likeness (QED) is 0.802. The van der Waals surface area contributed by atoms with Crippen LogP contribution in [0.5, 0.6) is 5.75 Å². The molecule has 1 aliphatic rings. The fraction of sp³-hybridized carbons (Fsp3) is 0.438. The number of aromatic nitrogens is 1. The summed E-state index contributed by atoms with van der Waals surface area (Å²) in [5.41, 5.74) is 3.39. The number of pyridine rings is 1. The lowest BCUT2D eigenvalue weighted by molar-refractivity contribution is 0.243. The smallest absolute Gasteiger partial charge is 0.120 e. The Morgan fingerprint density at radius 1 is 1.21 bits per heavy atom. The van der Waals surface area contributed by atoms with Crippen molar-refractivity contribution in [3.8, 4) is 5.75 Å². The predicted molar refractivity (Wildman–Crippen MR) is 79.2 cm³/mol. The lowest BCUT2D eigenvalue weighted by atomic mass is 9.94. The Morgan fingerprint density at radius 3 is 2.79 bits per heavy atom. The van der Waals surface area contributed by atoms with E-state index in [0.29, 0.717) is 0 Å². The molecule has 0 saturated carbocycles. The molecule has 1 aromatic carbocycles. The molecule has 0 atom stereocenters. The molecular formula is C16H18ClNO. The molecule has 2 nitrogen and oxygen atoms in total. The minimum Gasteiger partial charge on any atom is -0.491 e. The van der Waals surface area contributed by atoms with Gasteiger partial charge in [0.1, 0.15) is 5.75 Å². The van der Waals surface area contributed by atoms with Gasteiger partial charge in [0.25, 0.3) is 0 Å². The van der Waals surface area contributed by atoms with E-state index < -0.39 is 0 Å². The monoisotopic (exact) mass is 275 g/mol. The van der Waals surface area contributed by atoms with Gasteiger partial charge in [-0.1, -0.05) is 11.6 Å². The zero-order valence-electron chi connectivity index (χ0n) is 11.4. The van der Waals surface area contributed by atoms with Crippen molar-refractivity contribution >= 4 is 22.5 Å². The van der Waals surface area contributed by atoms with Crippen molar-refractivity contribution in [2.75, 3.05) is 0 Å². The molecule has 0 fully saturated rings. The largest absolute Gasteiger partial charge is 0.491 e. The van der Waals surface area contributed by atoms with Gasteiger partial charge in [0, 0.05) is 11.1 Å². The molecule has 3 rings (SSSR count). The van der Waals surface area contributed by atoms with Gasteiger partial charge in [-0.15, -0.1) is 0 Å². The molecule has 19 heavy (non-hydrogen) atoms. The van der Waals surface area contributed by atoms with E-state index in [9.17, 15) is 0 Å². The molecule has 0 bridgehead atoms. The SMILES string of the molecule is CC(C)Oc1ccc2nc3c(c(Cl)c2c1)CCCC3. The molecule has 0 saturated heterocycles. The van der Waals surface area contributed by atoms with E-state index in [1.807, 2.05) is 32.0 Å². The van der Waals surface area contributed by atoms with Crippen molar-refractivity contribution in [2.24, 2.45) is 0 Å². The van der Waals surface area contributed by atoms with Crippen molar-refractivity contribution < 1.29 is 4.74 Å². The van der Waals surface area contributed by atoms with Crippen molar-refractivity contribution in [3.05, 3.63) is 34.5 Å². The lowest BCUT2D eigenvalue weighted by Crippen LogP contribution is -2.07. The Morgan fingerprint density at radius 2 is 2.00 bits per heavy atom. The maximum atomic E-state index is 6.57. The van der Waals surface area contributed by atoms with E-state index >= 15 is 0 Å². The first-order valence-electron chi connectivity index (χ1n) is 6.93. The van der Waals surface area contributed by atoms with Crippen molar-refractivity contribution in [3.63, 3.8) is 0 Å².